The van der Waals surface area contributed by atoms with Gasteiger partial charge in [-0.3, -0.25) is 9.69 Å². The molecule has 3 amide bonds. The van der Waals surface area contributed by atoms with Crippen LogP contribution in [0.5, 0.6) is 0 Å². The number of thioether (sulfide) groups is 1. The molecular weight excluding hydrogens is 384 g/mol. The van der Waals surface area contributed by atoms with Crippen molar-refractivity contribution >= 4 is 29.4 Å². The number of amides is 3. The molecule has 29 heavy (non-hydrogen) atoms. The molecule has 154 valence electrons. The number of hydrogen-bond donors (Lipinski definition) is 3. The van der Waals surface area contributed by atoms with Crippen LogP contribution in [0.15, 0.2) is 59.5 Å². The van der Waals surface area contributed by atoms with Crippen molar-refractivity contribution in [3.05, 3.63) is 60.2 Å². The largest absolute Gasteiger partial charge is 0.370 e. The second-order valence-corrected chi connectivity index (χ2v) is 8.33. The number of para-hydroxylation sites is 1. The van der Waals surface area contributed by atoms with Crippen molar-refractivity contribution < 1.29 is 9.59 Å². The van der Waals surface area contributed by atoms with Gasteiger partial charge in [-0.15, -0.1) is 11.8 Å². The molecule has 0 aromatic heterocycles. The zero-order valence-electron chi connectivity index (χ0n) is 16.5. The minimum atomic E-state index is -0.320. The first-order valence-electron chi connectivity index (χ1n) is 9.94. The molecule has 1 saturated heterocycles. The molecule has 0 bridgehead atoms. The fourth-order valence-corrected chi connectivity index (χ4v) is 4.35. The molecular formula is C22H28N4O2S. The molecule has 1 aliphatic heterocycles. The Labute approximate surface area is 176 Å². The summed E-state index contributed by atoms with van der Waals surface area (Å²) in [5.74, 6) is 0.273. The molecule has 1 aliphatic rings. The molecule has 6 nitrogen and oxygen atoms in total. The summed E-state index contributed by atoms with van der Waals surface area (Å²) in [7, 11) is 0. The first-order valence-corrected chi connectivity index (χ1v) is 10.9. The van der Waals surface area contributed by atoms with Crippen molar-refractivity contribution in [1.29, 1.82) is 0 Å². The van der Waals surface area contributed by atoms with Crippen LogP contribution in [0.3, 0.4) is 0 Å². The van der Waals surface area contributed by atoms with E-state index in [0.29, 0.717) is 12.2 Å². The molecule has 1 fully saturated rings. The third-order valence-electron chi connectivity index (χ3n) is 4.91. The second kappa shape index (κ2) is 10.9. The van der Waals surface area contributed by atoms with Gasteiger partial charge in [-0.1, -0.05) is 42.5 Å². The van der Waals surface area contributed by atoms with E-state index in [-0.39, 0.29) is 18.0 Å². The van der Waals surface area contributed by atoms with Gasteiger partial charge in [0.1, 0.15) is 0 Å². The van der Waals surface area contributed by atoms with Gasteiger partial charge in [0.15, 0.2) is 0 Å². The number of likely N-dealkylation sites (tertiary alicyclic amines) is 1. The van der Waals surface area contributed by atoms with Crippen molar-refractivity contribution in [2.75, 3.05) is 24.2 Å². The number of hydrogen-bond acceptors (Lipinski definition) is 4. The van der Waals surface area contributed by atoms with Crippen LogP contribution in [-0.4, -0.2) is 41.7 Å². The normalized spacial score (nSPS) is 15.0. The van der Waals surface area contributed by atoms with Crippen LogP contribution < -0.4 is 16.4 Å². The summed E-state index contributed by atoms with van der Waals surface area (Å²) in [6, 6.07) is 18.1. The van der Waals surface area contributed by atoms with Crippen LogP contribution >= 0.6 is 11.8 Å². The van der Waals surface area contributed by atoms with E-state index >= 15 is 0 Å². The number of anilines is 1. The van der Waals surface area contributed by atoms with Gasteiger partial charge in [0.2, 0.25) is 5.91 Å². The zero-order valence-corrected chi connectivity index (χ0v) is 17.3. The lowest BCUT2D eigenvalue weighted by Crippen LogP contribution is -2.45. The number of primary amides is 1. The summed E-state index contributed by atoms with van der Waals surface area (Å²) in [4.78, 5) is 26.8. The lowest BCUT2D eigenvalue weighted by atomic mass is 10.0. The number of rotatable bonds is 8. The molecule has 0 spiro atoms. The quantitative estimate of drug-likeness (QED) is 0.580. The molecule has 7 heteroatoms. The maximum Gasteiger partial charge on any atom is 0.319 e. The molecule has 2 aromatic rings. The molecule has 0 aliphatic carbocycles. The van der Waals surface area contributed by atoms with Gasteiger partial charge in [0.05, 0.1) is 5.69 Å². The molecule has 0 radical (unpaired) electrons. The van der Waals surface area contributed by atoms with E-state index in [4.69, 9.17) is 5.73 Å². The number of nitrogens with zero attached hydrogens (tertiary/aromatic N) is 1. The van der Waals surface area contributed by atoms with Crippen LogP contribution in [0.4, 0.5) is 10.5 Å². The fraction of sp³-hybridized carbons (Fsp3) is 0.364. The van der Waals surface area contributed by atoms with Crippen LogP contribution in [0.2, 0.25) is 0 Å². The van der Waals surface area contributed by atoms with Gasteiger partial charge in [-0.05, 0) is 30.5 Å². The van der Waals surface area contributed by atoms with Gasteiger partial charge in [-0.25, -0.2) is 4.79 Å². The highest BCUT2D eigenvalue weighted by molar-refractivity contribution is 7.99. The lowest BCUT2D eigenvalue weighted by Gasteiger charge is -2.32. The lowest BCUT2D eigenvalue weighted by molar-refractivity contribution is -0.117. The highest BCUT2D eigenvalue weighted by Crippen LogP contribution is 2.27. The predicted molar refractivity (Wildman–Crippen MR) is 118 cm³/mol. The highest BCUT2D eigenvalue weighted by atomic mass is 32.2. The van der Waals surface area contributed by atoms with Crippen LogP contribution in [0, 0.1) is 0 Å². The smallest absolute Gasteiger partial charge is 0.319 e. The number of nitrogens with one attached hydrogen (secondary N) is 2. The van der Waals surface area contributed by atoms with Crippen molar-refractivity contribution in [1.82, 2.24) is 10.2 Å². The second-order valence-electron chi connectivity index (χ2n) is 7.20. The summed E-state index contributed by atoms with van der Waals surface area (Å²) >= 11 is 1.51. The van der Waals surface area contributed by atoms with E-state index in [0.717, 1.165) is 43.1 Å². The zero-order chi connectivity index (χ0) is 20.5. The van der Waals surface area contributed by atoms with Gasteiger partial charge in [0.25, 0.3) is 0 Å². The Morgan fingerprint density at radius 2 is 1.72 bits per heavy atom. The number of nitrogens with two attached hydrogens (primary N) is 1. The van der Waals surface area contributed by atoms with Gasteiger partial charge in [-0.2, -0.15) is 0 Å². The minimum absolute atomic E-state index is 0.178. The number of carbonyl (C=O) groups excluding carboxylic acids is 2. The van der Waals surface area contributed by atoms with Crippen molar-refractivity contribution in [3.8, 4) is 0 Å². The van der Waals surface area contributed by atoms with Crippen molar-refractivity contribution in [2.45, 2.75) is 36.7 Å². The maximum absolute atomic E-state index is 12.5. The summed E-state index contributed by atoms with van der Waals surface area (Å²) in [5.41, 5.74) is 7.27. The molecule has 4 N–H and O–H groups in total. The molecule has 1 heterocycles. The van der Waals surface area contributed by atoms with Crippen molar-refractivity contribution in [3.63, 3.8) is 0 Å². The number of carbonyl (C=O) groups is 2. The Hall–Kier alpha value is -2.51. The average molecular weight is 413 g/mol. The Balaban J connectivity index is 1.44. The SMILES string of the molecule is NC(=O)CCSc1ccccc1NC(=O)NC1CCN(Cc2ccccc2)CC1. The van der Waals surface area contributed by atoms with Crippen molar-refractivity contribution in [2.24, 2.45) is 5.73 Å². The fourth-order valence-electron chi connectivity index (χ4n) is 3.38. The van der Waals surface area contributed by atoms with E-state index < -0.39 is 0 Å². The summed E-state index contributed by atoms with van der Waals surface area (Å²) < 4.78 is 0. The Bertz CT molecular complexity index is 807. The standard InChI is InChI=1S/C22H28N4O2S/c23-21(27)12-15-29-20-9-5-4-8-19(20)25-22(28)24-18-10-13-26(14-11-18)16-17-6-2-1-3-7-17/h1-9,18H,10-16H2,(H2,23,27)(H2,24,25,28). The predicted octanol–water partition coefficient (Wildman–Crippen LogP) is 3.44. The first kappa shape index (κ1) is 21.2. The molecule has 2 aromatic carbocycles. The Morgan fingerprint density at radius 1 is 1.03 bits per heavy atom. The van der Waals surface area contributed by atoms with E-state index in [1.807, 2.05) is 30.3 Å². The average Bonchev–Trinajstić information content (AvgIpc) is 2.71. The number of benzene rings is 2. The number of piperidine rings is 1. The van der Waals surface area contributed by atoms with Crippen LogP contribution in [-0.2, 0) is 11.3 Å². The minimum Gasteiger partial charge on any atom is -0.370 e. The summed E-state index contributed by atoms with van der Waals surface area (Å²) in [5, 5.41) is 6.04. The van der Waals surface area contributed by atoms with Gasteiger partial charge in [0, 0.05) is 42.7 Å². The van der Waals surface area contributed by atoms with Crippen LogP contribution in [0.1, 0.15) is 24.8 Å². The Kier molecular flexibility index (Phi) is 7.95. The third kappa shape index (κ3) is 7.11. The summed E-state index contributed by atoms with van der Waals surface area (Å²) in [6.07, 6.45) is 2.19. The molecule has 0 atom stereocenters. The van der Waals surface area contributed by atoms with E-state index in [1.165, 1.54) is 17.3 Å². The number of urea groups is 1. The topological polar surface area (TPSA) is 87.5 Å². The molecule has 3 rings (SSSR count). The van der Waals surface area contributed by atoms with Gasteiger partial charge < -0.3 is 16.4 Å². The van der Waals surface area contributed by atoms with E-state index in [1.54, 1.807) is 0 Å². The van der Waals surface area contributed by atoms with E-state index in [9.17, 15) is 9.59 Å². The Morgan fingerprint density at radius 3 is 2.45 bits per heavy atom. The van der Waals surface area contributed by atoms with Crippen LogP contribution in [0.25, 0.3) is 0 Å². The molecule has 0 saturated carbocycles. The maximum atomic E-state index is 12.5. The first-order chi connectivity index (χ1) is 14.1. The van der Waals surface area contributed by atoms with Gasteiger partial charge >= 0.3 is 6.03 Å². The monoisotopic (exact) mass is 412 g/mol. The third-order valence-corrected chi connectivity index (χ3v) is 5.99. The molecule has 0 unspecified atom stereocenters. The van der Waals surface area contributed by atoms with E-state index in [2.05, 4.69) is 39.8 Å². The highest BCUT2D eigenvalue weighted by Gasteiger charge is 2.21. The summed E-state index contributed by atoms with van der Waals surface area (Å²) in [6.45, 7) is 2.90.